The summed E-state index contributed by atoms with van der Waals surface area (Å²) in [5, 5.41) is 2.61. The molecule has 0 aromatic heterocycles. The lowest BCUT2D eigenvalue weighted by molar-refractivity contribution is -0.186. The van der Waals surface area contributed by atoms with Crippen LogP contribution in [0, 0.1) is 5.92 Å². The summed E-state index contributed by atoms with van der Waals surface area (Å²) in [6.45, 7) is 6.91. The summed E-state index contributed by atoms with van der Waals surface area (Å²) in [5.74, 6) is -1.95. The Kier molecular flexibility index (Phi) is 7.65. The maximum absolute atomic E-state index is 12.6. The molecule has 9 heteroatoms. The van der Waals surface area contributed by atoms with Crippen molar-refractivity contribution in [3.05, 3.63) is 35.9 Å². The monoisotopic (exact) mass is 434 g/mol. The number of ether oxygens (including phenoxy) is 3. The number of carbonyl (C=O) groups excluding carboxylic acids is 4. The molecule has 2 rings (SSSR count). The van der Waals surface area contributed by atoms with Crippen molar-refractivity contribution in [3.63, 3.8) is 0 Å². The zero-order valence-electron chi connectivity index (χ0n) is 18.6. The van der Waals surface area contributed by atoms with E-state index in [0.717, 1.165) is 10.5 Å². The van der Waals surface area contributed by atoms with E-state index in [4.69, 9.17) is 14.2 Å². The number of imide groups is 1. The molecular weight excluding hydrogens is 404 g/mol. The number of benzene rings is 1. The van der Waals surface area contributed by atoms with Gasteiger partial charge in [0.25, 0.3) is 0 Å². The summed E-state index contributed by atoms with van der Waals surface area (Å²) < 4.78 is 15.3. The van der Waals surface area contributed by atoms with E-state index in [1.807, 2.05) is 30.3 Å². The molecule has 31 heavy (non-hydrogen) atoms. The second-order valence-corrected chi connectivity index (χ2v) is 8.38. The number of rotatable bonds is 7. The minimum absolute atomic E-state index is 0.116. The first-order chi connectivity index (χ1) is 14.5. The van der Waals surface area contributed by atoms with Crippen LogP contribution in [-0.2, 0) is 30.4 Å². The van der Waals surface area contributed by atoms with Crippen LogP contribution in [0.15, 0.2) is 30.3 Å². The van der Waals surface area contributed by atoms with Crippen LogP contribution in [0.5, 0.6) is 0 Å². The number of esters is 1. The number of amides is 3. The second kappa shape index (κ2) is 9.80. The summed E-state index contributed by atoms with van der Waals surface area (Å²) in [6, 6.07) is 9.25. The Hall–Kier alpha value is -3.10. The van der Waals surface area contributed by atoms with Gasteiger partial charge in [0.05, 0.1) is 13.0 Å². The van der Waals surface area contributed by atoms with Gasteiger partial charge < -0.3 is 19.5 Å². The maximum atomic E-state index is 12.6. The van der Waals surface area contributed by atoms with Gasteiger partial charge in [-0.2, -0.15) is 0 Å². The number of nitrogens with zero attached hydrogens (tertiary/aromatic N) is 1. The quantitative estimate of drug-likeness (QED) is 0.304. The molecule has 170 valence electrons. The van der Waals surface area contributed by atoms with Crippen LogP contribution in [0.3, 0.4) is 0 Å². The highest BCUT2D eigenvalue weighted by Crippen LogP contribution is 2.43. The van der Waals surface area contributed by atoms with Crippen molar-refractivity contribution in [3.8, 4) is 0 Å². The minimum atomic E-state index is -1.47. The molecule has 1 aromatic carbocycles. The Bertz CT molecular complexity index is 819. The molecule has 1 aliphatic rings. The number of hydrogen-bond acceptors (Lipinski definition) is 7. The lowest BCUT2D eigenvalue weighted by Gasteiger charge is -2.52. The van der Waals surface area contributed by atoms with Gasteiger partial charge in [0, 0.05) is 6.54 Å². The molecule has 0 saturated carbocycles. The summed E-state index contributed by atoms with van der Waals surface area (Å²) in [4.78, 5) is 50.3. The largest absolute Gasteiger partial charge is 0.467 e. The first-order valence-corrected chi connectivity index (χ1v) is 10.1. The van der Waals surface area contributed by atoms with Crippen LogP contribution >= 0.6 is 0 Å². The molecule has 3 amide bonds. The van der Waals surface area contributed by atoms with Gasteiger partial charge >= 0.3 is 18.2 Å². The average molecular weight is 434 g/mol. The molecule has 0 bridgehead atoms. The Balaban J connectivity index is 1.96. The van der Waals surface area contributed by atoms with Crippen LogP contribution in [-0.4, -0.2) is 53.8 Å². The number of carbonyl (C=O) groups is 4. The van der Waals surface area contributed by atoms with E-state index in [2.05, 4.69) is 5.32 Å². The molecule has 1 N–H and O–H groups in total. The van der Waals surface area contributed by atoms with Crippen molar-refractivity contribution in [1.29, 1.82) is 0 Å². The van der Waals surface area contributed by atoms with Crippen molar-refractivity contribution in [2.24, 2.45) is 5.92 Å². The van der Waals surface area contributed by atoms with Gasteiger partial charge in [-0.25, -0.2) is 19.3 Å². The standard InChI is InChI=1S/C22H30N2O7/c1-15-17(25)24(20(28)31-21(2,3)4)22(15,18(26)29-5)12-9-13-23-19(27)30-14-16-10-7-6-8-11-16/h6-8,10-11,15H,9,12-14H2,1-5H3,(H,23,27)/t15?,22-/m0/s1. The number of nitrogens with one attached hydrogen (secondary N) is 1. The van der Waals surface area contributed by atoms with E-state index in [1.165, 1.54) is 7.11 Å². The Morgan fingerprint density at radius 3 is 2.39 bits per heavy atom. The van der Waals surface area contributed by atoms with Crippen molar-refractivity contribution >= 4 is 24.1 Å². The zero-order chi connectivity index (χ0) is 23.2. The van der Waals surface area contributed by atoms with Crippen molar-refractivity contribution in [2.45, 2.75) is 58.3 Å². The highest BCUT2D eigenvalue weighted by molar-refractivity contribution is 6.09. The predicted octanol–water partition coefficient (Wildman–Crippen LogP) is 3.02. The highest BCUT2D eigenvalue weighted by Gasteiger charge is 2.66. The summed E-state index contributed by atoms with van der Waals surface area (Å²) in [6.07, 6.45) is -1.06. The Labute approximate surface area is 182 Å². The fourth-order valence-corrected chi connectivity index (χ4v) is 3.48. The fraction of sp³-hybridized carbons (Fsp3) is 0.545. The maximum Gasteiger partial charge on any atom is 0.418 e. The molecule has 1 heterocycles. The molecule has 9 nitrogen and oxygen atoms in total. The number of methoxy groups -OCH3 is 1. The van der Waals surface area contributed by atoms with Crippen molar-refractivity contribution < 1.29 is 33.4 Å². The van der Waals surface area contributed by atoms with Crippen LogP contribution < -0.4 is 5.32 Å². The molecule has 1 unspecified atom stereocenters. The molecule has 1 saturated heterocycles. The second-order valence-electron chi connectivity index (χ2n) is 8.38. The lowest BCUT2D eigenvalue weighted by atomic mass is 9.71. The van der Waals surface area contributed by atoms with Gasteiger partial charge in [0.1, 0.15) is 12.2 Å². The van der Waals surface area contributed by atoms with Crippen LogP contribution in [0.25, 0.3) is 0 Å². The summed E-state index contributed by atoms with van der Waals surface area (Å²) >= 11 is 0. The summed E-state index contributed by atoms with van der Waals surface area (Å²) in [5.41, 5.74) is -1.44. The molecule has 0 aliphatic carbocycles. The highest BCUT2D eigenvalue weighted by atomic mass is 16.6. The third-order valence-corrected chi connectivity index (χ3v) is 5.04. The molecule has 1 fully saturated rings. The number of hydrogen-bond donors (Lipinski definition) is 1. The SMILES string of the molecule is COC(=O)[C@]1(CCCNC(=O)OCc2ccccc2)C(C)C(=O)N1C(=O)OC(C)(C)C. The third-order valence-electron chi connectivity index (χ3n) is 5.04. The Morgan fingerprint density at radius 1 is 1.16 bits per heavy atom. The van der Waals surface area contributed by atoms with Gasteiger partial charge in [0.2, 0.25) is 5.91 Å². The van der Waals surface area contributed by atoms with Crippen molar-refractivity contribution in [1.82, 2.24) is 10.2 Å². The van der Waals surface area contributed by atoms with E-state index in [9.17, 15) is 19.2 Å². The number of β-lactam (4-membered cyclic amide) rings is 1. The molecule has 0 spiro atoms. The van der Waals surface area contributed by atoms with Crippen LogP contribution in [0.2, 0.25) is 0 Å². The summed E-state index contributed by atoms with van der Waals surface area (Å²) in [7, 11) is 1.20. The minimum Gasteiger partial charge on any atom is -0.467 e. The van der Waals surface area contributed by atoms with Gasteiger partial charge in [-0.15, -0.1) is 0 Å². The van der Waals surface area contributed by atoms with Crippen LogP contribution in [0.1, 0.15) is 46.1 Å². The fourth-order valence-electron chi connectivity index (χ4n) is 3.48. The van der Waals surface area contributed by atoms with Crippen LogP contribution in [0.4, 0.5) is 9.59 Å². The molecule has 1 aromatic rings. The van der Waals surface area contributed by atoms with E-state index in [-0.39, 0.29) is 19.6 Å². The first-order valence-electron chi connectivity index (χ1n) is 10.1. The average Bonchev–Trinajstić information content (AvgIpc) is 2.72. The zero-order valence-corrected chi connectivity index (χ0v) is 18.6. The normalized spacial score (nSPS) is 20.5. The predicted molar refractivity (Wildman–Crippen MR) is 111 cm³/mol. The topological polar surface area (TPSA) is 111 Å². The van der Waals surface area contributed by atoms with Gasteiger partial charge in [0.15, 0.2) is 5.54 Å². The molecule has 1 aliphatic heterocycles. The smallest absolute Gasteiger partial charge is 0.418 e. The number of likely N-dealkylation sites (tertiary alicyclic amines) is 1. The van der Waals surface area contributed by atoms with Gasteiger partial charge in [-0.05, 0) is 39.2 Å². The van der Waals surface area contributed by atoms with Crippen molar-refractivity contribution in [2.75, 3.05) is 13.7 Å². The van der Waals surface area contributed by atoms with Gasteiger partial charge in [-0.1, -0.05) is 37.3 Å². The molecule has 0 radical (unpaired) electrons. The number of alkyl carbamates (subject to hydrolysis) is 1. The van der Waals surface area contributed by atoms with E-state index < -0.39 is 41.1 Å². The van der Waals surface area contributed by atoms with E-state index in [1.54, 1.807) is 27.7 Å². The van der Waals surface area contributed by atoms with E-state index >= 15 is 0 Å². The molecule has 2 atom stereocenters. The van der Waals surface area contributed by atoms with E-state index in [0.29, 0.717) is 6.42 Å². The third kappa shape index (κ3) is 5.53. The Morgan fingerprint density at radius 2 is 1.81 bits per heavy atom. The molecular formula is C22H30N2O7. The van der Waals surface area contributed by atoms with Gasteiger partial charge in [-0.3, -0.25) is 4.79 Å². The first kappa shape index (κ1) is 24.2. The lowest BCUT2D eigenvalue weighted by Crippen LogP contribution is -2.75.